The number of hydrogen-bond donors (Lipinski definition) is 2. The predicted molar refractivity (Wildman–Crippen MR) is 91.0 cm³/mol. The van der Waals surface area contributed by atoms with Gasteiger partial charge in [-0.1, -0.05) is 22.8 Å². The van der Waals surface area contributed by atoms with Gasteiger partial charge in [-0.3, -0.25) is 9.69 Å². The van der Waals surface area contributed by atoms with E-state index in [2.05, 4.69) is 38.0 Å². The fourth-order valence-electron chi connectivity index (χ4n) is 2.84. The first-order valence-electron chi connectivity index (χ1n) is 8.20. The quantitative estimate of drug-likeness (QED) is 0.835. The summed E-state index contributed by atoms with van der Waals surface area (Å²) >= 11 is 0. The van der Waals surface area contributed by atoms with Crippen LogP contribution in [0.3, 0.4) is 0 Å². The lowest BCUT2D eigenvalue weighted by Gasteiger charge is -2.31. The van der Waals surface area contributed by atoms with Gasteiger partial charge in [0.2, 0.25) is 11.9 Å². The van der Waals surface area contributed by atoms with Crippen LogP contribution in [0.2, 0.25) is 0 Å². The monoisotopic (exact) mass is 329 g/mol. The summed E-state index contributed by atoms with van der Waals surface area (Å²) in [5.41, 5.74) is 2.13. The number of likely N-dealkylation sites (N-methyl/N-ethyl adjacent to an activating group) is 1. The average Bonchev–Trinajstić information content (AvgIpc) is 3.05. The minimum atomic E-state index is 0.0599. The lowest BCUT2D eigenvalue weighted by molar-refractivity contribution is -0.122. The largest absolute Gasteiger partial charge is 0.358 e. The third kappa shape index (κ3) is 3.88. The highest BCUT2D eigenvalue weighted by atomic mass is 16.1. The molecule has 0 radical (unpaired) electrons. The normalized spacial score (nSPS) is 16.1. The standard InChI is InChI=1S/C16H23N7O/c1-12-3-5-14(6-4-12)23-16(19-20-21-23)18-13-7-9-22(10-8-13)11-15(24)17-2/h3-6,13H,7-11H2,1-2H3,(H,17,24)(H,18,19,21). The zero-order chi connectivity index (χ0) is 16.9. The number of carbonyl (C=O) groups is 1. The molecular formula is C16H23N7O. The molecule has 0 spiro atoms. The molecule has 128 valence electrons. The first-order valence-corrected chi connectivity index (χ1v) is 8.20. The Morgan fingerprint density at radius 3 is 2.62 bits per heavy atom. The Kier molecular flexibility index (Phi) is 5.05. The fraction of sp³-hybridized carbons (Fsp3) is 0.500. The van der Waals surface area contributed by atoms with Crippen molar-refractivity contribution in [2.45, 2.75) is 25.8 Å². The van der Waals surface area contributed by atoms with Crippen molar-refractivity contribution in [2.75, 3.05) is 32.0 Å². The Morgan fingerprint density at radius 2 is 1.96 bits per heavy atom. The lowest BCUT2D eigenvalue weighted by Crippen LogP contribution is -2.43. The number of aromatic nitrogens is 4. The molecule has 1 aromatic carbocycles. The van der Waals surface area contributed by atoms with Crippen molar-refractivity contribution in [1.82, 2.24) is 30.4 Å². The number of rotatable bonds is 5. The molecule has 0 saturated carbocycles. The number of hydrogen-bond acceptors (Lipinski definition) is 6. The smallest absolute Gasteiger partial charge is 0.247 e. The molecule has 2 heterocycles. The summed E-state index contributed by atoms with van der Waals surface area (Å²) in [6.45, 7) is 4.29. The predicted octanol–water partition coefficient (Wildman–Crippen LogP) is 0.593. The maximum Gasteiger partial charge on any atom is 0.247 e. The van der Waals surface area contributed by atoms with Crippen LogP contribution in [0.25, 0.3) is 5.69 Å². The number of nitrogens with one attached hydrogen (secondary N) is 2. The summed E-state index contributed by atoms with van der Waals surface area (Å²) in [5.74, 6) is 0.716. The minimum absolute atomic E-state index is 0.0599. The van der Waals surface area contributed by atoms with Crippen molar-refractivity contribution < 1.29 is 4.79 Å². The van der Waals surface area contributed by atoms with Gasteiger partial charge in [0, 0.05) is 26.2 Å². The molecule has 8 nitrogen and oxygen atoms in total. The molecule has 8 heteroatoms. The number of anilines is 1. The molecule has 0 unspecified atom stereocenters. The van der Waals surface area contributed by atoms with Crippen LogP contribution in [-0.4, -0.2) is 63.7 Å². The van der Waals surface area contributed by atoms with Crippen LogP contribution in [0.15, 0.2) is 24.3 Å². The molecule has 1 aliphatic heterocycles. The van der Waals surface area contributed by atoms with E-state index in [0.717, 1.165) is 31.6 Å². The van der Waals surface area contributed by atoms with Gasteiger partial charge in [-0.15, -0.1) is 0 Å². The number of piperidine rings is 1. The summed E-state index contributed by atoms with van der Waals surface area (Å²) in [6.07, 6.45) is 1.91. The van der Waals surface area contributed by atoms with Crippen molar-refractivity contribution in [2.24, 2.45) is 0 Å². The fourth-order valence-corrected chi connectivity index (χ4v) is 2.84. The molecule has 0 bridgehead atoms. The van der Waals surface area contributed by atoms with Gasteiger partial charge in [-0.2, -0.15) is 4.68 Å². The summed E-state index contributed by atoms with van der Waals surface area (Å²) < 4.78 is 1.72. The van der Waals surface area contributed by atoms with Crippen LogP contribution in [0, 0.1) is 6.92 Å². The molecule has 2 aromatic rings. The Morgan fingerprint density at radius 1 is 1.25 bits per heavy atom. The van der Waals surface area contributed by atoms with Crippen LogP contribution >= 0.6 is 0 Å². The highest BCUT2D eigenvalue weighted by Gasteiger charge is 2.22. The van der Waals surface area contributed by atoms with E-state index in [9.17, 15) is 4.79 Å². The van der Waals surface area contributed by atoms with E-state index >= 15 is 0 Å². The number of tetrazole rings is 1. The number of benzene rings is 1. The van der Waals surface area contributed by atoms with Crippen LogP contribution in [-0.2, 0) is 4.79 Å². The third-order valence-corrected chi connectivity index (χ3v) is 4.31. The topological polar surface area (TPSA) is 88.0 Å². The SMILES string of the molecule is CNC(=O)CN1CCC(Nc2nnnn2-c2ccc(C)cc2)CC1. The van der Waals surface area contributed by atoms with Crippen molar-refractivity contribution in [1.29, 1.82) is 0 Å². The first kappa shape index (κ1) is 16.4. The molecule has 3 rings (SSSR count). The third-order valence-electron chi connectivity index (χ3n) is 4.31. The van der Waals surface area contributed by atoms with Crippen molar-refractivity contribution in [3.63, 3.8) is 0 Å². The summed E-state index contributed by atoms with van der Waals surface area (Å²) in [4.78, 5) is 13.6. The molecule has 1 fully saturated rings. The molecule has 2 N–H and O–H groups in total. The molecule has 1 saturated heterocycles. The number of nitrogens with zero attached hydrogens (tertiary/aromatic N) is 5. The van der Waals surface area contributed by atoms with Gasteiger partial charge in [0.25, 0.3) is 0 Å². The zero-order valence-corrected chi connectivity index (χ0v) is 14.1. The molecule has 1 aliphatic rings. The van der Waals surface area contributed by atoms with Crippen molar-refractivity contribution in [3.05, 3.63) is 29.8 Å². The van der Waals surface area contributed by atoms with Crippen LogP contribution in [0.5, 0.6) is 0 Å². The van der Waals surface area contributed by atoms with Crippen LogP contribution in [0.1, 0.15) is 18.4 Å². The Balaban J connectivity index is 1.59. The van der Waals surface area contributed by atoms with E-state index in [1.165, 1.54) is 5.56 Å². The molecule has 1 aromatic heterocycles. The summed E-state index contributed by atoms with van der Waals surface area (Å²) in [6, 6.07) is 8.39. The Bertz CT molecular complexity index is 674. The second kappa shape index (κ2) is 7.39. The van der Waals surface area contributed by atoms with E-state index < -0.39 is 0 Å². The Hall–Kier alpha value is -2.48. The van der Waals surface area contributed by atoms with E-state index in [4.69, 9.17) is 0 Å². The van der Waals surface area contributed by atoms with Gasteiger partial charge >= 0.3 is 0 Å². The molecule has 24 heavy (non-hydrogen) atoms. The number of amides is 1. The van der Waals surface area contributed by atoms with Crippen molar-refractivity contribution >= 4 is 11.9 Å². The molecule has 0 aliphatic carbocycles. The van der Waals surface area contributed by atoms with E-state index in [1.807, 2.05) is 24.3 Å². The van der Waals surface area contributed by atoms with Gasteiger partial charge in [-0.05, 0) is 42.3 Å². The molecule has 0 atom stereocenters. The van der Waals surface area contributed by atoms with Gasteiger partial charge in [0.15, 0.2) is 0 Å². The van der Waals surface area contributed by atoms with E-state index in [-0.39, 0.29) is 5.91 Å². The van der Waals surface area contributed by atoms with Gasteiger partial charge < -0.3 is 10.6 Å². The average molecular weight is 329 g/mol. The summed E-state index contributed by atoms with van der Waals surface area (Å²) in [5, 5.41) is 18.1. The number of likely N-dealkylation sites (tertiary alicyclic amines) is 1. The second-order valence-corrected chi connectivity index (χ2v) is 6.12. The summed E-state index contributed by atoms with van der Waals surface area (Å²) in [7, 11) is 1.67. The highest BCUT2D eigenvalue weighted by molar-refractivity contribution is 5.77. The number of aryl methyl sites for hydroxylation is 1. The van der Waals surface area contributed by atoms with Gasteiger partial charge in [-0.25, -0.2) is 0 Å². The first-order chi connectivity index (χ1) is 11.7. The van der Waals surface area contributed by atoms with E-state index in [1.54, 1.807) is 11.7 Å². The van der Waals surface area contributed by atoms with Crippen LogP contribution in [0.4, 0.5) is 5.95 Å². The Labute approximate surface area is 141 Å². The number of carbonyl (C=O) groups excluding carboxylic acids is 1. The van der Waals surface area contributed by atoms with Crippen molar-refractivity contribution in [3.8, 4) is 5.69 Å². The maximum atomic E-state index is 11.4. The second-order valence-electron chi connectivity index (χ2n) is 6.12. The van der Waals surface area contributed by atoms with E-state index in [0.29, 0.717) is 18.5 Å². The highest BCUT2D eigenvalue weighted by Crippen LogP contribution is 2.17. The molecule has 1 amide bonds. The lowest BCUT2D eigenvalue weighted by atomic mass is 10.1. The minimum Gasteiger partial charge on any atom is -0.358 e. The van der Waals surface area contributed by atoms with Crippen LogP contribution < -0.4 is 10.6 Å². The maximum absolute atomic E-state index is 11.4. The van der Waals surface area contributed by atoms with Gasteiger partial charge in [0.05, 0.1) is 12.2 Å². The van der Waals surface area contributed by atoms with Gasteiger partial charge in [0.1, 0.15) is 0 Å². The zero-order valence-electron chi connectivity index (χ0n) is 14.1. The molecular weight excluding hydrogens is 306 g/mol.